The number of hydrogen-bond acceptors (Lipinski definition) is 3. The molecular weight excluding hydrogens is 182 g/mol. The summed E-state index contributed by atoms with van der Waals surface area (Å²) >= 11 is 0. The Labute approximate surface area is 84.6 Å². The molecule has 0 radical (unpaired) electrons. The maximum atomic E-state index is 10.9. The van der Waals surface area contributed by atoms with Gasteiger partial charge in [-0.15, -0.1) is 0 Å². The lowest BCUT2D eigenvalue weighted by atomic mass is 9.95. The number of aliphatic hydroxyl groups is 1. The van der Waals surface area contributed by atoms with Gasteiger partial charge in [0.15, 0.2) is 0 Å². The fraction of sp³-hybridized carbons (Fsp3) is 0.900. The van der Waals surface area contributed by atoms with Crippen LogP contribution in [0.4, 0.5) is 0 Å². The predicted molar refractivity (Wildman–Crippen MR) is 52.9 cm³/mol. The van der Waals surface area contributed by atoms with E-state index >= 15 is 0 Å². The van der Waals surface area contributed by atoms with Crippen molar-refractivity contribution in [2.24, 2.45) is 0 Å². The fourth-order valence-corrected chi connectivity index (χ4v) is 1.66. The van der Waals surface area contributed by atoms with Crippen molar-refractivity contribution in [2.75, 3.05) is 13.7 Å². The van der Waals surface area contributed by atoms with Crippen molar-refractivity contribution >= 4 is 5.91 Å². The van der Waals surface area contributed by atoms with E-state index in [1.807, 2.05) is 0 Å². The fourth-order valence-electron chi connectivity index (χ4n) is 1.66. The molecule has 1 saturated carbocycles. The summed E-state index contributed by atoms with van der Waals surface area (Å²) in [4.78, 5) is 10.9. The van der Waals surface area contributed by atoms with Gasteiger partial charge in [0, 0.05) is 13.5 Å². The second-order valence-corrected chi connectivity index (χ2v) is 3.72. The molecule has 0 aromatic heterocycles. The van der Waals surface area contributed by atoms with Crippen molar-refractivity contribution in [3.63, 3.8) is 0 Å². The Morgan fingerprint density at radius 3 is 2.64 bits per heavy atom. The number of ether oxygens (including phenoxy) is 1. The van der Waals surface area contributed by atoms with Crippen molar-refractivity contribution in [3.8, 4) is 0 Å². The van der Waals surface area contributed by atoms with Crippen molar-refractivity contribution < 1.29 is 14.6 Å². The molecule has 0 aromatic carbocycles. The third-order valence-corrected chi connectivity index (χ3v) is 2.61. The van der Waals surface area contributed by atoms with Gasteiger partial charge >= 0.3 is 0 Å². The van der Waals surface area contributed by atoms with Crippen LogP contribution in [0.1, 0.15) is 32.1 Å². The molecule has 0 spiro atoms. The van der Waals surface area contributed by atoms with Crippen LogP contribution in [0, 0.1) is 0 Å². The number of carbonyl (C=O) groups excluding carboxylic acids is 1. The lowest BCUT2D eigenvalue weighted by Crippen LogP contribution is -2.26. The first-order valence-electron chi connectivity index (χ1n) is 5.22. The third kappa shape index (κ3) is 4.07. The van der Waals surface area contributed by atoms with Crippen LogP contribution in [0.3, 0.4) is 0 Å². The van der Waals surface area contributed by atoms with E-state index in [0.29, 0.717) is 13.0 Å². The lowest BCUT2D eigenvalue weighted by molar-refractivity contribution is -0.122. The molecule has 2 N–H and O–H groups in total. The molecule has 0 heterocycles. The zero-order chi connectivity index (χ0) is 10.4. The smallest absolute Gasteiger partial charge is 0.222 e. The lowest BCUT2D eigenvalue weighted by Gasteiger charge is -2.25. The standard InChI is InChI=1S/C10H19NO3/c1-11-10(13)6-7-14-9-4-2-8(12)3-5-9/h8-9,12H,2-7H2,1H3,(H,11,13). The van der Waals surface area contributed by atoms with Gasteiger partial charge in [-0.05, 0) is 25.7 Å². The maximum Gasteiger partial charge on any atom is 0.222 e. The van der Waals surface area contributed by atoms with Gasteiger partial charge in [-0.2, -0.15) is 0 Å². The Balaban J connectivity index is 2.04. The molecule has 4 nitrogen and oxygen atoms in total. The van der Waals surface area contributed by atoms with Crippen molar-refractivity contribution in [2.45, 2.75) is 44.3 Å². The van der Waals surface area contributed by atoms with Crippen LogP contribution in [-0.4, -0.2) is 36.9 Å². The van der Waals surface area contributed by atoms with Crippen LogP contribution in [0.15, 0.2) is 0 Å². The molecule has 0 aromatic rings. The molecule has 1 rings (SSSR count). The van der Waals surface area contributed by atoms with Gasteiger partial charge in [0.05, 0.1) is 18.8 Å². The molecule has 0 saturated heterocycles. The third-order valence-electron chi connectivity index (χ3n) is 2.61. The SMILES string of the molecule is CNC(=O)CCOC1CCC(O)CC1. The van der Waals surface area contributed by atoms with Gasteiger partial charge in [0.25, 0.3) is 0 Å². The van der Waals surface area contributed by atoms with Gasteiger partial charge in [-0.25, -0.2) is 0 Å². The Morgan fingerprint density at radius 1 is 1.43 bits per heavy atom. The number of aliphatic hydroxyl groups excluding tert-OH is 1. The maximum absolute atomic E-state index is 10.9. The van der Waals surface area contributed by atoms with E-state index in [2.05, 4.69) is 5.32 Å². The highest BCUT2D eigenvalue weighted by Crippen LogP contribution is 2.20. The summed E-state index contributed by atoms with van der Waals surface area (Å²) < 4.78 is 5.53. The first-order chi connectivity index (χ1) is 6.72. The molecule has 0 unspecified atom stereocenters. The normalized spacial score (nSPS) is 27.3. The second kappa shape index (κ2) is 5.98. The summed E-state index contributed by atoms with van der Waals surface area (Å²) in [5, 5.41) is 11.8. The van der Waals surface area contributed by atoms with E-state index in [1.165, 1.54) is 0 Å². The molecule has 14 heavy (non-hydrogen) atoms. The number of amides is 1. The van der Waals surface area contributed by atoms with Crippen molar-refractivity contribution in [1.82, 2.24) is 5.32 Å². The minimum absolute atomic E-state index is 0.0147. The highest BCUT2D eigenvalue weighted by molar-refractivity contribution is 5.75. The highest BCUT2D eigenvalue weighted by atomic mass is 16.5. The molecule has 0 aliphatic heterocycles. The van der Waals surface area contributed by atoms with E-state index in [-0.39, 0.29) is 18.1 Å². The molecule has 0 bridgehead atoms. The number of rotatable bonds is 4. The highest BCUT2D eigenvalue weighted by Gasteiger charge is 2.19. The van der Waals surface area contributed by atoms with Gasteiger partial charge in [-0.1, -0.05) is 0 Å². The summed E-state index contributed by atoms with van der Waals surface area (Å²) in [5.41, 5.74) is 0. The van der Waals surface area contributed by atoms with Crippen LogP contribution in [0.2, 0.25) is 0 Å². The van der Waals surface area contributed by atoms with Gasteiger partial charge in [0.1, 0.15) is 0 Å². The summed E-state index contributed by atoms with van der Waals surface area (Å²) in [6.07, 6.45) is 3.99. The van der Waals surface area contributed by atoms with E-state index < -0.39 is 0 Å². The zero-order valence-electron chi connectivity index (χ0n) is 8.66. The number of nitrogens with one attached hydrogen (secondary N) is 1. The second-order valence-electron chi connectivity index (χ2n) is 3.72. The van der Waals surface area contributed by atoms with E-state index in [0.717, 1.165) is 25.7 Å². The molecule has 1 amide bonds. The summed E-state index contributed by atoms with van der Waals surface area (Å²) in [7, 11) is 1.62. The minimum Gasteiger partial charge on any atom is -0.393 e. The van der Waals surface area contributed by atoms with Crippen LogP contribution in [0.25, 0.3) is 0 Å². The molecular formula is C10H19NO3. The Kier molecular flexibility index (Phi) is 4.90. The Bertz CT molecular complexity index is 176. The van der Waals surface area contributed by atoms with Crippen molar-refractivity contribution in [3.05, 3.63) is 0 Å². The molecule has 1 aliphatic rings. The largest absolute Gasteiger partial charge is 0.393 e. The zero-order valence-corrected chi connectivity index (χ0v) is 8.66. The van der Waals surface area contributed by atoms with E-state index in [1.54, 1.807) is 7.05 Å². The molecule has 0 atom stereocenters. The van der Waals surface area contributed by atoms with Crippen LogP contribution < -0.4 is 5.32 Å². The average Bonchev–Trinajstić information content (AvgIpc) is 2.21. The molecule has 4 heteroatoms. The minimum atomic E-state index is -0.145. The summed E-state index contributed by atoms with van der Waals surface area (Å²) in [6, 6.07) is 0. The van der Waals surface area contributed by atoms with E-state index in [9.17, 15) is 9.90 Å². The van der Waals surface area contributed by atoms with Crippen LogP contribution in [-0.2, 0) is 9.53 Å². The molecule has 82 valence electrons. The summed E-state index contributed by atoms with van der Waals surface area (Å²) in [5.74, 6) is 0.0147. The molecule has 1 aliphatic carbocycles. The first-order valence-corrected chi connectivity index (χ1v) is 5.22. The first kappa shape index (κ1) is 11.5. The summed E-state index contributed by atoms with van der Waals surface area (Å²) in [6.45, 7) is 0.487. The van der Waals surface area contributed by atoms with Gasteiger partial charge < -0.3 is 15.2 Å². The predicted octanol–water partition coefficient (Wildman–Crippen LogP) is 0.443. The molecule has 1 fully saturated rings. The monoisotopic (exact) mass is 201 g/mol. The van der Waals surface area contributed by atoms with Gasteiger partial charge in [-0.3, -0.25) is 4.79 Å². The van der Waals surface area contributed by atoms with Gasteiger partial charge in [0.2, 0.25) is 5.91 Å². The average molecular weight is 201 g/mol. The topological polar surface area (TPSA) is 58.6 Å². The number of carbonyl (C=O) groups is 1. The van der Waals surface area contributed by atoms with Crippen LogP contribution >= 0.6 is 0 Å². The quantitative estimate of drug-likeness (QED) is 0.694. The van der Waals surface area contributed by atoms with Crippen LogP contribution in [0.5, 0.6) is 0 Å². The van der Waals surface area contributed by atoms with Crippen molar-refractivity contribution in [1.29, 1.82) is 0 Å². The number of hydrogen-bond donors (Lipinski definition) is 2. The Hall–Kier alpha value is -0.610. The Morgan fingerprint density at radius 2 is 2.07 bits per heavy atom. The van der Waals surface area contributed by atoms with E-state index in [4.69, 9.17) is 4.74 Å².